The quantitative estimate of drug-likeness (QED) is 0.766. The molecule has 0 saturated heterocycles. The highest BCUT2D eigenvalue weighted by Crippen LogP contribution is 2.08. The molecule has 0 fully saturated rings. The third-order valence-electron chi connectivity index (χ3n) is 2.41. The molecular formula is C10H19N3. The number of nitrogens with zero attached hydrogens (tertiary/aromatic N) is 2. The minimum Gasteiger partial charge on any atom is -0.308 e. The van der Waals surface area contributed by atoms with Gasteiger partial charge in [-0.2, -0.15) is 5.10 Å². The molecule has 0 amide bonds. The Morgan fingerprint density at radius 3 is 2.69 bits per heavy atom. The van der Waals surface area contributed by atoms with Crippen LogP contribution in [0.2, 0.25) is 0 Å². The summed E-state index contributed by atoms with van der Waals surface area (Å²) in [7, 11) is 1.94. The van der Waals surface area contributed by atoms with Crippen LogP contribution in [0.5, 0.6) is 0 Å². The van der Waals surface area contributed by atoms with Crippen molar-refractivity contribution in [3.8, 4) is 0 Å². The van der Waals surface area contributed by atoms with Crippen LogP contribution in [0.25, 0.3) is 0 Å². The van der Waals surface area contributed by atoms with Crippen LogP contribution in [-0.2, 0) is 13.6 Å². The summed E-state index contributed by atoms with van der Waals surface area (Å²) >= 11 is 0. The molecule has 1 aromatic heterocycles. The van der Waals surface area contributed by atoms with Gasteiger partial charge in [0.15, 0.2) is 0 Å². The number of rotatable bonds is 4. The first-order chi connectivity index (χ1) is 6.03. The molecule has 0 unspecified atom stereocenters. The summed E-state index contributed by atoms with van der Waals surface area (Å²) in [5.74, 6) is 0. The molecule has 0 saturated carbocycles. The second-order valence-corrected chi connectivity index (χ2v) is 4.11. The smallest absolute Gasteiger partial charge is 0.0534 e. The van der Waals surface area contributed by atoms with Crippen molar-refractivity contribution < 1.29 is 0 Å². The number of hydrogen-bond donors (Lipinski definition) is 1. The molecule has 13 heavy (non-hydrogen) atoms. The molecule has 1 N–H and O–H groups in total. The van der Waals surface area contributed by atoms with Gasteiger partial charge in [0, 0.05) is 30.9 Å². The SMILES string of the molecule is CCC(C)(C)NCc1cnn(C)c1. The molecule has 1 heterocycles. The first-order valence-electron chi connectivity index (χ1n) is 4.76. The number of aromatic nitrogens is 2. The molecule has 0 aliphatic carbocycles. The summed E-state index contributed by atoms with van der Waals surface area (Å²) in [6.07, 6.45) is 5.07. The third kappa shape index (κ3) is 3.19. The van der Waals surface area contributed by atoms with E-state index in [1.54, 1.807) is 0 Å². The predicted octanol–water partition coefficient (Wildman–Crippen LogP) is 1.70. The van der Waals surface area contributed by atoms with E-state index >= 15 is 0 Å². The van der Waals surface area contributed by atoms with E-state index in [-0.39, 0.29) is 5.54 Å². The standard InChI is InChI=1S/C10H19N3/c1-5-10(2,3)11-6-9-7-12-13(4)8-9/h7-8,11H,5-6H2,1-4H3. The van der Waals surface area contributed by atoms with Gasteiger partial charge in [0.1, 0.15) is 0 Å². The van der Waals surface area contributed by atoms with Gasteiger partial charge < -0.3 is 5.32 Å². The van der Waals surface area contributed by atoms with Crippen LogP contribution >= 0.6 is 0 Å². The monoisotopic (exact) mass is 181 g/mol. The number of hydrogen-bond acceptors (Lipinski definition) is 2. The van der Waals surface area contributed by atoms with Gasteiger partial charge in [0.2, 0.25) is 0 Å². The van der Waals surface area contributed by atoms with Gasteiger partial charge in [-0.1, -0.05) is 6.92 Å². The first-order valence-corrected chi connectivity index (χ1v) is 4.76. The minimum atomic E-state index is 0.218. The molecule has 3 nitrogen and oxygen atoms in total. The van der Waals surface area contributed by atoms with Crippen LogP contribution in [-0.4, -0.2) is 15.3 Å². The Morgan fingerprint density at radius 1 is 1.54 bits per heavy atom. The van der Waals surface area contributed by atoms with Crippen molar-refractivity contribution in [2.24, 2.45) is 7.05 Å². The van der Waals surface area contributed by atoms with Crippen molar-refractivity contribution in [3.05, 3.63) is 18.0 Å². The van der Waals surface area contributed by atoms with Crippen LogP contribution < -0.4 is 5.32 Å². The summed E-state index contributed by atoms with van der Waals surface area (Å²) < 4.78 is 1.83. The van der Waals surface area contributed by atoms with Crippen molar-refractivity contribution in [3.63, 3.8) is 0 Å². The molecule has 1 rings (SSSR count). The number of aryl methyl sites for hydroxylation is 1. The van der Waals surface area contributed by atoms with Crippen LogP contribution in [0.15, 0.2) is 12.4 Å². The van der Waals surface area contributed by atoms with Crippen molar-refractivity contribution in [2.45, 2.75) is 39.3 Å². The fourth-order valence-electron chi connectivity index (χ4n) is 1.03. The second kappa shape index (κ2) is 3.92. The molecule has 0 radical (unpaired) electrons. The molecule has 0 aliphatic rings. The van der Waals surface area contributed by atoms with E-state index in [1.807, 2.05) is 24.1 Å². The van der Waals surface area contributed by atoms with Crippen LogP contribution in [0.1, 0.15) is 32.8 Å². The predicted molar refractivity (Wildman–Crippen MR) is 54.4 cm³/mol. The molecule has 0 bridgehead atoms. The Labute approximate surface area is 80.1 Å². The highest BCUT2D eigenvalue weighted by molar-refractivity contribution is 5.03. The molecule has 74 valence electrons. The van der Waals surface area contributed by atoms with Crippen LogP contribution in [0, 0.1) is 0 Å². The maximum Gasteiger partial charge on any atom is 0.0534 e. The van der Waals surface area contributed by atoms with Crippen LogP contribution in [0.4, 0.5) is 0 Å². The topological polar surface area (TPSA) is 29.9 Å². The molecule has 0 atom stereocenters. The normalized spacial score (nSPS) is 12.0. The van der Waals surface area contributed by atoms with Gasteiger partial charge in [-0.3, -0.25) is 4.68 Å². The Morgan fingerprint density at radius 2 is 2.23 bits per heavy atom. The van der Waals surface area contributed by atoms with Crippen molar-refractivity contribution >= 4 is 0 Å². The zero-order valence-electron chi connectivity index (χ0n) is 8.96. The van der Waals surface area contributed by atoms with Gasteiger partial charge in [0.25, 0.3) is 0 Å². The lowest BCUT2D eigenvalue weighted by Gasteiger charge is -2.24. The summed E-state index contributed by atoms with van der Waals surface area (Å²) in [5, 5.41) is 7.60. The van der Waals surface area contributed by atoms with E-state index in [9.17, 15) is 0 Å². The molecule has 3 heteroatoms. The first kappa shape index (κ1) is 10.3. The van der Waals surface area contributed by atoms with Gasteiger partial charge in [-0.25, -0.2) is 0 Å². The summed E-state index contributed by atoms with van der Waals surface area (Å²) in [4.78, 5) is 0. The Kier molecular flexibility index (Phi) is 3.09. The lowest BCUT2D eigenvalue weighted by atomic mass is 10.0. The lowest BCUT2D eigenvalue weighted by Crippen LogP contribution is -2.37. The van der Waals surface area contributed by atoms with Crippen molar-refractivity contribution in [1.29, 1.82) is 0 Å². The van der Waals surface area contributed by atoms with Crippen molar-refractivity contribution in [2.75, 3.05) is 0 Å². The maximum absolute atomic E-state index is 4.12. The average Bonchev–Trinajstić information content (AvgIpc) is 2.48. The molecule has 1 aromatic rings. The average molecular weight is 181 g/mol. The van der Waals surface area contributed by atoms with Gasteiger partial charge in [0.05, 0.1) is 6.20 Å². The summed E-state index contributed by atoms with van der Waals surface area (Å²) in [6.45, 7) is 7.51. The van der Waals surface area contributed by atoms with E-state index in [0.717, 1.165) is 13.0 Å². The third-order valence-corrected chi connectivity index (χ3v) is 2.41. The zero-order chi connectivity index (χ0) is 9.90. The largest absolute Gasteiger partial charge is 0.308 e. The summed E-state index contributed by atoms with van der Waals surface area (Å²) in [6, 6.07) is 0. The van der Waals surface area contributed by atoms with E-state index in [4.69, 9.17) is 0 Å². The van der Waals surface area contributed by atoms with Gasteiger partial charge >= 0.3 is 0 Å². The van der Waals surface area contributed by atoms with E-state index in [0.29, 0.717) is 0 Å². The fraction of sp³-hybridized carbons (Fsp3) is 0.700. The lowest BCUT2D eigenvalue weighted by molar-refractivity contribution is 0.374. The van der Waals surface area contributed by atoms with Crippen LogP contribution in [0.3, 0.4) is 0 Å². The Balaban J connectivity index is 2.43. The Hall–Kier alpha value is -0.830. The van der Waals surface area contributed by atoms with Gasteiger partial charge in [-0.15, -0.1) is 0 Å². The Bertz CT molecular complexity index is 263. The summed E-state index contributed by atoms with van der Waals surface area (Å²) in [5.41, 5.74) is 1.46. The highest BCUT2D eigenvalue weighted by atomic mass is 15.2. The second-order valence-electron chi connectivity index (χ2n) is 4.11. The van der Waals surface area contributed by atoms with Crippen molar-refractivity contribution in [1.82, 2.24) is 15.1 Å². The van der Waals surface area contributed by atoms with E-state index in [2.05, 4.69) is 31.2 Å². The number of nitrogens with one attached hydrogen (secondary N) is 1. The molecule has 0 aliphatic heterocycles. The zero-order valence-corrected chi connectivity index (χ0v) is 8.96. The van der Waals surface area contributed by atoms with Gasteiger partial charge in [-0.05, 0) is 20.3 Å². The molecule has 0 spiro atoms. The van der Waals surface area contributed by atoms with E-state index in [1.165, 1.54) is 5.56 Å². The fourth-order valence-corrected chi connectivity index (χ4v) is 1.03. The molecule has 0 aromatic carbocycles. The molecular weight excluding hydrogens is 162 g/mol. The minimum absolute atomic E-state index is 0.218. The highest BCUT2D eigenvalue weighted by Gasteiger charge is 2.13. The van der Waals surface area contributed by atoms with E-state index < -0.39 is 0 Å². The maximum atomic E-state index is 4.12.